The first-order valence-electron chi connectivity index (χ1n) is 4.01. The Morgan fingerprint density at radius 2 is 2.21 bits per heavy atom. The molecular formula is C10H10NO3. The van der Waals surface area contributed by atoms with Gasteiger partial charge in [0.2, 0.25) is 5.91 Å². The third kappa shape index (κ3) is 2.32. The van der Waals surface area contributed by atoms with Gasteiger partial charge in [0, 0.05) is 6.92 Å². The zero-order chi connectivity index (χ0) is 10.6. The van der Waals surface area contributed by atoms with Crippen LogP contribution in [0.4, 0.5) is 5.69 Å². The number of hydrogen-bond donors (Lipinski definition) is 1. The quantitative estimate of drug-likeness (QED) is 0.717. The molecule has 0 aliphatic rings. The largest absolute Gasteiger partial charge is 0.465 e. The number of esters is 1. The van der Waals surface area contributed by atoms with E-state index in [-0.39, 0.29) is 5.91 Å². The number of methoxy groups -OCH3 is 1. The summed E-state index contributed by atoms with van der Waals surface area (Å²) in [6, 6.07) is 7.40. The lowest BCUT2D eigenvalue weighted by Gasteiger charge is -2.06. The minimum atomic E-state index is -0.484. The van der Waals surface area contributed by atoms with Crippen molar-refractivity contribution in [3.63, 3.8) is 0 Å². The number of rotatable bonds is 2. The summed E-state index contributed by atoms with van der Waals surface area (Å²) >= 11 is 0. The lowest BCUT2D eigenvalue weighted by Crippen LogP contribution is -2.11. The maximum absolute atomic E-state index is 11.2. The summed E-state index contributed by atoms with van der Waals surface area (Å²) in [6.45, 7) is 1.37. The Hall–Kier alpha value is -1.84. The van der Waals surface area contributed by atoms with E-state index in [1.165, 1.54) is 26.2 Å². The molecule has 0 bridgehead atoms. The van der Waals surface area contributed by atoms with Crippen molar-refractivity contribution in [2.45, 2.75) is 6.92 Å². The van der Waals surface area contributed by atoms with Gasteiger partial charge in [-0.1, -0.05) is 6.07 Å². The highest BCUT2D eigenvalue weighted by Gasteiger charge is 2.11. The number of nitrogens with one attached hydrogen (secondary N) is 1. The molecule has 0 heterocycles. The molecule has 1 aromatic carbocycles. The van der Waals surface area contributed by atoms with Gasteiger partial charge in [0.15, 0.2) is 0 Å². The zero-order valence-electron chi connectivity index (χ0n) is 7.96. The van der Waals surface area contributed by atoms with Gasteiger partial charge in [-0.15, -0.1) is 0 Å². The molecule has 4 heteroatoms. The Morgan fingerprint density at radius 3 is 2.79 bits per heavy atom. The number of ether oxygens (including phenoxy) is 1. The summed E-state index contributed by atoms with van der Waals surface area (Å²) in [5.41, 5.74) is 0.730. The molecule has 1 rings (SSSR count). The lowest BCUT2D eigenvalue weighted by molar-refractivity contribution is -0.114. The highest BCUT2D eigenvalue weighted by molar-refractivity contribution is 6.00. The normalized spacial score (nSPS) is 9.29. The maximum atomic E-state index is 11.2. The van der Waals surface area contributed by atoms with E-state index < -0.39 is 5.97 Å². The second-order valence-electron chi connectivity index (χ2n) is 2.64. The van der Waals surface area contributed by atoms with Crippen LogP contribution in [0.25, 0.3) is 0 Å². The van der Waals surface area contributed by atoms with Crippen molar-refractivity contribution in [3.8, 4) is 0 Å². The van der Waals surface area contributed by atoms with E-state index in [0.29, 0.717) is 11.3 Å². The summed E-state index contributed by atoms with van der Waals surface area (Å²) in [5.74, 6) is -0.725. The van der Waals surface area contributed by atoms with Crippen molar-refractivity contribution >= 4 is 17.6 Å². The van der Waals surface area contributed by atoms with Gasteiger partial charge in [-0.3, -0.25) is 4.79 Å². The second-order valence-corrected chi connectivity index (χ2v) is 2.64. The fourth-order valence-electron chi connectivity index (χ4n) is 1.01. The average Bonchev–Trinajstić information content (AvgIpc) is 2.16. The first kappa shape index (κ1) is 10.2. The number of carbonyl (C=O) groups excluding carboxylic acids is 2. The van der Waals surface area contributed by atoms with Crippen LogP contribution in [-0.2, 0) is 9.53 Å². The van der Waals surface area contributed by atoms with Crippen molar-refractivity contribution in [2.24, 2.45) is 0 Å². The van der Waals surface area contributed by atoms with Crippen molar-refractivity contribution in [2.75, 3.05) is 12.4 Å². The molecule has 0 aliphatic carbocycles. The molecule has 14 heavy (non-hydrogen) atoms. The maximum Gasteiger partial charge on any atom is 0.339 e. The highest BCUT2D eigenvalue weighted by atomic mass is 16.5. The van der Waals surface area contributed by atoms with Crippen LogP contribution < -0.4 is 5.32 Å². The molecule has 73 valence electrons. The van der Waals surface area contributed by atoms with E-state index in [9.17, 15) is 9.59 Å². The Kier molecular flexibility index (Phi) is 3.23. The topological polar surface area (TPSA) is 55.4 Å². The van der Waals surface area contributed by atoms with Crippen LogP contribution in [0.3, 0.4) is 0 Å². The minimum absolute atomic E-state index is 0.241. The van der Waals surface area contributed by atoms with Crippen LogP contribution >= 0.6 is 0 Å². The van der Waals surface area contributed by atoms with Gasteiger partial charge < -0.3 is 10.1 Å². The molecule has 0 atom stereocenters. The van der Waals surface area contributed by atoms with E-state index in [2.05, 4.69) is 16.1 Å². The first-order valence-corrected chi connectivity index (χ1v) is 4.01. The first-order chi connectivity index (χ1) is 6.65. The van der Waals surface area contributed by atoms with E-state index in [1.807, 2.05) is 0 Å². The van der Waals surface area contributed by atoms with Crippen molar-refractivity contribution < 1.29 is 14.3 Å². The molecule has 0 unspecified atom stereocenters. The number of benzene rings is 1. The molecule has 0 spiro atoms. The van der Waals surface area contributed by atoms with E-state index in [0.717, 1.165) is 0 Å². The lowest BCUT2D eigenvalue weighted by atomic mass is 10.2. The standard InChI is InChI=1S/C10H10NO3/c1-7(12)11-9-6-4-3-5-8(9)10(13)14-2/h3,5-6H,1-2H3,(H,11,12). The van der Waals surface area contributed by atoms with Crippen LogP contribution in [0.1, 0.15) is 17.3 Å². The smallest absolute Gasteiger partial charge is 0.339 e. The van der Waals surface area contributed by atoms with Gasteiger partial charge in [-0.25, -0.2) is 4.79 Å². The Labute approximate surface area is 81.9 Å². The van der Waals surface area contributed by atoms with Gasteiger partial charge in [0.1, 0.15) is 0 Å². The molecular weight excluding hydrogens is 182 g/mol. The Bertz CT molecular complexity index is 360. The van der Waals surface area contributed by atoms with E-state index in [4.69, 9.17) is 0 Å². The predicted molar refractivity (Wildman–Crippen MR) is 50.9 cm³/mol. The van der Waals surface area contributed by atoms with Crippen molar-refractivity contribution in [1.29, 1.82) is 0 Å². The Balaban J connectivity index is 3.02. The molecule has 1 radical (unpaired) electrons. The summed E-state index contributed by atoms with van der Waals surface area (Å²) in [4.78, 5) is 22.0. The van der Waals surface area contributed by atoms with Crippen LogP contribution in [0.2, 0.25) is 0 Å². The summed E-state index contributed by atoms with van der Waals surface area (Å²) in [5, 5.41) is 2.52. The molecule has 0 aliphatic heterocycles. The van der Waals surface area contributed by atoms with Gasteiger partial charge in [0.05, 0.1) is 18.4 Å². The third-order valence-corrected chi connectivity index (χ3v) is 1.58. The molecule has 1 N–H and O–H groups in total. The number of carbonyl (C=O) groups is 2. The summed E-state index contributed by atoms with van der Waals surface area (Å²) < 4.78 is 4.55. The number of hydrogen-bond acceptors (Lipinski definition) is 3. The summed E-state index contributed by atoms with van der Waals surface area (Å²) in [7, 11) is 1.29. The molecule has 0 saturated heterocycles. The molecule has 1 amide bonds. The second kappa shape index (κ2) is 4.41. The zero-order valence-corrected chi connectivity index (χ0v) is 7.96. The van der Waals surface area contributed by atoms with Crippen LogP contribution in [0.15, 0.2) is 18.2 Å². The van der Waals surface area contributed by atoms with Gasteiger partial charge in [-0.05, 0) is 18.2 Å². The average molecular weight is 192 g/mol. The van der Waals surface area contributed by atoms with Crippen LogP contribution in [-0.4, -0.2) is 19.0 Å². The minimum Gasteiger partial charge on any atom is -0.465 e. The summed E-state index contributed by atoms with van der Waals surface area (Å²) in [6.07, 6.45) is 0. The van der Waals surface area contributed by atoms with Gasteiger partial charge in [0.25, 0.3) is 0 Å². The van der Waals surface area contributed by atoms with Crippen LogP contribution in [0.5, 0.6) is 0 Å². The fourth-order valence-corrected chi connectivity index (χ4v) is 1.01. The van der Waals surface area contributed by atoms with E-state index in [1.54, 1.807) is 6.07 Å². The molecule has 0 fully saturated rings. The predicted octanol–water partition coefficient (Wildman–Crippen LogP) is 1.23. The monoisotopic (exact) mass is 192 g/mol. The molecule has 1 aromatic rings. The van der Waals surface area contributed by atoms with E-state index >= 15 is 0 Å². The number of amides is 1. The molecule has 4 nitrogen and oxygen atoms in total. The van der Waals surface area contributed by atoms with Gasteiger partial charge >= 0.3 is 5.97 Å². The van der Waals surface area contributed by atoms with Crippen molar-refractivity contribution in [1.82, 2.24) is 0 Å². The fraction of sp³-hybridized carbons (Fsp3) is 0.200. The molecule has 0 aromatic heterocycles. The van der Waals surface area contributed by atoms with Gasteiger partial charge in [-0.2, -0.15) is 0 Å². The highest BCUT2D eigenvalue weighted by Crippen LogP contribution is 2.15. The molecule has 0 saturated carbocycles. The van der Waals surface area contributed by atoms with Crippen molar-refractivity contribution in [3.05, 3.63) is 29.8 Å². The SMILES string of the molecule is COC(=O)c1cc[c]cc1NC(C)=O. The third-order valence-electron chi connectivity index (χ3n) is 1.58. The Morgan fingerprint density at radius 1 is 1.50 bits per heavy atom. The number of anilines is 1. The van der Waals surface area contributed by atoms with Crippen LogP contribution in [0, 0.1) is 6.07 Å².